The lowest BCUT2D eigenvalue weighted by Crippen LogP contribution is -2.30. The van der Waals surface area contributed by atoms with Gasteiger partial charge in [0, 0.05) is 36.7 Å². The molecular weight excluding hydrogens is 491 g/mol. The van der Waals surface area contributed by atoms with Crippen LogP contribution in [0, 0.1) is 0 Å². The number of aromatic nitrogens is 3. The Labute approximate surface area is 219 Å². The summed E-state index contributed by atoms with van der Waals surface area (Å²) in [7, 11) is 1.82. The highest BCUT2D eigenvalue weighted by Crippen LogP contribution is 2.35. The smallest absolute Gasteiger partial charge is 0.382 e. The number of piperidine rings is 1. The van der Waals surface area contributed by atoms with Gasteiger partial charge in [-0.3, -0.25) is 14.6 Å². The third-order valence-electron chi connectivity index (χ3n) is 6.83. The minimum absolute atomic E-state index is 0.290. The second-order valence-corrected chi connectivity index (χ2v) is 9.60. The summed E-state index contributed by atoms with van der Waals surface area (Å²) in [6.45, 7) is 5.90. The van der Waals surface area contributed by atoms with Crippen LogP contribution >= 0.6 is 0 Å². The number of nitrogens with two attached hydrogens (primary N) is 1. The fraction of sp³-hybridized carbons (Fsp3) is 0.286. The Hall–Kier alpha value is -4.05. The number of rotatable bonds is 7. The van der Waals surface area contributed by atoms with E-state index in [1.165, 1.54) is 0 Å². The molecule has 0 aliphatic carbocycles. The molecule has 38 heavy (non-hydrogen) atoms. The lowest BCUT2D eigenvalue weighted by atomic mass is 10.0. The topological polar surface area (TPSA) is 84.0 Å². The van der Waals surface area contributed by atoms with Crippen LogP contribution in [0.5, 0.6) is 0 Å². The van der Waals surface area contributed by atoms with Crippen molar-refractivity contribution in [1.29, 1.82) is 0 Å². The van der Waals surface area contributed by atoms with E-state index in [2.05, 4.69) is 32.2 Å². The summed E-state index contributed by atoms with van der Waals surface area (Å²) in [4.78, 5) is 6.39. The maximum atomic E-state index is 13.9. The average molecular weight is 522 g/mol. The number of aryl methyl sites for hydroxylation is 1. The monoisotopic (exact) mass is 521 g/mol. The zero-order valence-electron chi connectivity index (χ0n) is 21.1. The Morgan fingerprint density at radius 1 is 1.00 bits per heavy atom. The number of benzene rings is 2. The molecule has 10 heteroatoms. The van der Waals surface area contributed by atoms with Gasteiger partial charge in [-0.1, -0.05) is 31.2 Å². The van der Waals surface area contributed by atoms with Crippen LogP contribution in [-0.2, 0) is 19.8 Å². The molecule has 0 atom stereocenters. The van der Waals surface area contributed by atoms with Crippen LogP contribution < -0.4 is 16.4 Å². The van der Waals surface area contributed by atoms with Crippen molar-refractivity contribution in [1.82, 2.24) is 19.7 Å². The average Bonchev–Trinajstić information content (AvgIpc) is 3.19. The van der Waals surface area contributed by atoms with Crippen molar-refractivity contribution in [3.63, 3.8) is 0 Å². The van der Waals surface area contributed by atoms with Crippen LogP contribution in [0.25, 0.3) is 22.0 Å². The first kappa shape index (κ1) is 25.6. The largest absolute Gasteiger partial charge is 0.416 e. The maximum absolute atomic E-state index is 13.9. The van der Waals surface area contributed by atoms with Gasteiger partial charge in [0.1, 0.15) is 5.82 Å². The van der Waals surface area contributed by atoms with Crippen molar-refractivity contribution in [3.8, 4) is 11.1 Å². The van der Waals surface area contributed by atoms with E-state index in [0.717, 1.165) is 66.1 Å². The minimum atomic E-state index is -4.44. The summed E-state index contributed by atoms with van der Waals surface area (Å²) in [5.41, 5.74) is 9.43. The Morgan fingerprint density at radius 3 is 2.39 bits per heavy atom. The Balaban J connectivity index is 1.29. The Kier molecular flexibility index (Phi) is 6.98. The molecule has 0 amide bonds. The van der Waals surface area contributed by atoms with Crippen LogP contribution in [0.4, 0.5) is 30.4 Å². The molecule has 2 aromatic carbocycles. The van der Waals surface area contributed by atoms with E-state index in [9.17, 15) is 13.2 Å². The quantitative estimate of drug-likeness (QED) is 0.268. The van der Waals surface area contributed by atoms with Crippen LogP contribution in [0.15, 0.2) is 67.3 Å². The Morgan fingerprint density at radius 2 is 1.68 bits per heavy atom. The highest BCUT2D eigenvalue weighted by atomic mass is 19.4. The van der Waals surface area contributed by atoms with Gasteiger partial charge in [-0.2, -0.15) is 18.3 Å². The lowest BCUT2D eigenvalue weighted by Gasteiger charge is -2.28. The molecule has 4 N–H and O–H groups in total. The molecule has 3 heterocycles. The minimum Gasteiger partial charge on any atom is -0.382 e. The van der Waals surface area contributed by atoms with E-state index in [1.807, 2.05) is 31.3 Å². The van der Waals surface area contributed by atoms with Crippen LogP contribution in [0.1, 0.15) is 30.4 Å². The second-order valence-electron chi connectivity index (χ2n) is 9.60. The van der Waals surface area contributed by atoms with Crippen molar-refractivity contribution in [2.75, 3.05) is 29.5 Å². The number of alkyl halides is 3. The van der Waals surface area contributed by atoms with Crippen molar-refractivity contribution < 1.29 is 13.2 Å². The van der Waals surface area contributed by atoms with Crippen LogP contribution in [0.3, 0.4) is 0 Å². The zero-order valence-corrected chi connectivity index (χ0v) is 21.1. The van der Waals surface area contributed by atoms with Gasteiger partial charge in [0.2, 0.25) is 0 Å². The zero-order chi connectivity index (χ0) is 26.9. The number of pyridine rings is 1. The van der Waals surface area contributed by atoms with Crippen LogP contribution in [0.2, 0.25) is 0 Å². The molecule has 0 radical (unpaired) electrons. The highest BCUT2D eigenvalue weighted by molar-refractivity contribution is 6.01. The maximum Gasteiger partial charge on any atom is 0.416 e. The van der Waals surface area contributed by atoms with E-state index in [-0.39, 0.29) is 5.56 Å². The third-order valence-corrected chi connectivity index (χ3v) is 6.83. The normalized spacial score (nSPS) is 14.5. The molecule has 2 aromatic heterocycles. The van der Waals surface area contributed by atoms with Crippen molar-refractivity contribution >= 4 is 28.1 Å². The summed E-state index contributed by atoms with van der Waals surface area (Å²) in [6.07, 6.45) is 2.21. The first-order valence-electron chi connectivity index (χ1n) is 12.5. The molecule has 1 aliphatic rings. The number of anilines is 3. The predicted octanol–water partition coefficient (Wildman–Crippen LogP) is 6.22. The molecular formula is C28H30F3N7. The summed E-state index contributed by atoms with van der Waals surface area (Å²) in [5.74, 6) is 0.787. The molecule has 4 aromatic rings. The third kappa shape index (κ3) is 5.45. The summed E-state index contributed by atoms with van der Waals surface area (Å²) >= 11 is 0. The van der Waals surface area contributed by atoms with Crippen molar-refractivity contribution in [2.24, 2.45) is 7.05 Å². The van der Waals surface area contributed by atoms with Gasteiger partial charge in [-0.05, 0) is 61.3 Å². The van der Waals surface area contributed by atoms with E-state index < -0.39 is 11.7 Å². The molecule has 198 valence electrons. The molecule has 0 spiro atoms. The Bertz CT molecular complexity index is 1450. The molecule has 1 aliphatic heterocycles. The predicted molar refractivity (Wildman–Crippen MR) is 145 cm³/mol. The SMILES string of the molecule is C=C(Nc1ccc(-c2cncc3c2c(N)nn3C)cc1)Nc1ccc(CN2CCCCC2)c(C(F)(F)F)c1. The molecule has 1 saturated heterocycles. The van der Waals surface area contributed by atoms with E-state index in [1.54, 1.807) is 29.2 Å². The van der Waals surface area contributed by atoms with Gasteiger partial charge in [0.05, 0.1) is 22.7 Å². The number of fused-ring (bicyclic) bond motifs is 1. The highest BCUT2D eigenvalue weighted by Gasteiger charge is 2.34. The van der Waals surface area contributed by atoms with Gasteiger partial charge in [-0.25, -0.2) is 0 Å². The summed E-state index contributed by atoms with van der Waals surface area (Å²) < 4.78 is 43.3. The fourth-order valence-corrected chi connectivity index (χ4v) is 4.98. The number of nitrogens with one attached hydrogen (secondary N) is 2. The van der Waals surface area contributed by atoms with Gasteiger partial charge >= 0.3 is 6.18 Å². The first-order chi connectivity index (χ1) is 18.2. The van der Waals surface area contributed by atoms with Gasteiger partial charge in [-0.15, -0.1) is 0 Å². The standard InChI is InChI=1S/C28H30F3N7/c1-18(35-22-11-8-20(24(14-22)28(29,30)31)17-38-12-4-3-5-13-38)34-21-9-6-19(7-10-21)23-15-33-16-25-26(23)27(32)36-37(25)2/h6-11,14-16,34-35H,1,3-5,12-13,17H2,2H3,(H2,32,36). The van der Waals surface area contributed by atoms with Gasteiger partial charge < -0.3 is 16.4 Å². The van der Waals surface area contributed by atoms with E-state index >= 15 is 0 Å². The molecule has 0 bridgehead atoms. The molecule has 1 fully saturated rings. The van der Waals surface area contributed by atoms with Crippen molar-refractivity contribution in [3.05, 3.63) is 78.4 Å². The summed E-state index contributed by atoms with van der Waals surface area (Å²) in [6, 6.07) is 11.9. The van der Waals surface area contributed by atoms with Crippen LogP contribution in [-0.4, -0.2) is 32.8 Å². The molecule has 0 saturated carbocycles. The number of nitrogen functional groups attached to an aromatic ring is 1. The fourth-order valence-electron chi connectivity index (χ4n) is 4.98. The number of halogens is 3. The molecule has 7 nitrogen and oxygen atoms in total. The number of nitrogens with zero attached hydrogens (tertiary/aromatic N) is 4. The first-order valence-corrected chi connectivity index (χ1v) is 12.5. The van der Waals surface area contributed by atoms with Gasteiger partial charge in [0.15, 0.2) is 5.82 Å². The van der Waals surface area contributed by atoms with Crippen molar-refractivity contribution in [2.45, 2.75) is 32.0 Å². The molecule has 0 unspecified atom stereocenters. The lowest BCUT2D eigenvalue weighted by molar-refractivity contribution is -0.138. The number of hydrogen-bond acceptors (Lipinski definition) is 6. The van der Waals surface area contributed by atoms with E-state index in [4.69, 9.17) is 5.73 Å². The number of likely N-dealkylation sites (tertiary alicyclic amines) is 1. The number of hydrogen-bond donors (Lipinski definition) is 3. The summed E-state index contributed by atoms with van der Waals surface area (Å²) in [5, 5.41) is 11.2. The molecule has 5 rings (SSSR count). The van der Waals surface area contributed by atoms with Gasteiger partial charge in [0.25, 0.3) is 0 Å². The second kappa shape index (κ2) is 10.4. The van der Waals surface area contributed by atoms with E-state index in [0.29, 0.717) is 23.9 Å².